The van der Waals surface area contributed by atoms with Gasteiger partial charge in [-0.1, -0.05) is 6.42 Å². The van der Waals surface area contributed by atoms with Crippen LogP contribution in [0.15, 0.2) is 6.20 Å². The van der Waals surface area contributed by atoms with Crippen LogP contribution in [0.3, 0.4) is 0 Å². The van der Waals surface area contributed by atoms with Crippen LogP contribution in [0.1, 0.15) is 42.2 Å². The van der Waals surface area contributed by atoms with Crippen LogP contribution in [0, 0.1) is 6.92 Å². The maximum Gasteiger partial charge on any atom is 0.341 e. The number of hydrogen-bond donors (Lipinski definition) is 2. The van der Waals surface area contributed by atoms with E-state index in [-0.39, 0.29) is 5.97 Å². The lowest BCUT2D eigenvalue weighted by Crippen LogP contribution is -2.39. The molecule has 6 heteroatoms. The molecule has 0 spiro atoms. The molecule has 1 atom stereocenters. The van der Waals surface area contributed by atoms with Crippen molar-refractivity contribution in [3.8, 4) is 0 Å². The van der Waals surface area contributed by atoms with Crippen molar-refractivity contribution in [1.29, 1.82) is 0 Å². The zero-order valence-corrected chi connectivity index (χ0v) is 12.1. The van der Waals surface area contributed by atoms with Gasteiger partial charge in [0, 0.05) is 18.8 Å². The first-order chi connectivity index (χ1) is 9.70. The summed E-state index contributed by atoms with van der Waals surface area (Å²) >= 11 is 0. The molecule has 1 aliphatic rings. The van der Waals surface area contributed by atoms with Crippen LogP contribution < -0.4 is 10.6 Å². The molecular weight excluding hydrogens is 256 g/mol. The van der Waals surface area contributed by atoms with Crippen LogP contribution in [0.4, 0.5) is 5.95 Å². The minimum Gasteiger partial charge on any atom is -0.462 e. The smallest absolute Gasteiger partial charge is 0.341 e. The Morgan fingerprint density at radius 1 is 1.55 bits per heavy atom. The van der Waals surface area contributed by atoms with Gasteiger partial charge >= 0.3 is 5.97 Å². The van der Waals surface area contributed by atoms with Crippen molar-refractivity contribution in [2.45, 2.75) is 39.2 Å². The highest BCUT2D eigenvalue weighted by atomic mass is 16.5. The van der Waals surface area contributed by atoms with Crippen LogP contribution >= 0.6 is 0 Å². The summed E-state index contributed by atoms with van der Waals surface area (Å²) < 4.78 is 4.95. The van der Waals surface area contributed by atoms with E-state index in [1.807, 2.05) is 0 Å². The van der Waals surface area contributed by atoms with Gasteiger partial charge in [0.2, 0.25) is 5.95 Å². The number of carbonyl (C=O) groups excluding carboxylic acids is 1. The minimum atomic E-state index is -0.370. The summed E-state index contributed by atoms with van der Waals surface area (Å²) in [4.78, 5) is 20.1. The summed E-state index contributed by atoms with van der Waals surface area (Å²) in [6, 6.07) is 0.470. The SMILES string of the molecule is CCOC(=O)c1cnc(NCC2CCCCN2)nc1C. The Balaban J connectivity index is 1.92. The fourth-order valence-corrected chi connectivity index (χ4v) is 2.27. The van der Waals surface area contributed by atoms with Crippen molar-refractivity contribution in [1.82, 2.24) is 15.3 Å². The lowest BCUT2D eigenvalue weighted by Gasteiger charge is -2.23. The highest BCUT2D eigenvalue weighted by molar-refractivity contribution is 5.90. The van der Waals surface area contributed by atoms with E-state index in [9.17, 15) is 4.79 Å². The fourth-order valence-electron chi connectivity index (χ4n) is 2.27. The van der Waals surface area contributed by atoms with Crippen LogP contribution in [-0.2, 0) is 4.74 Å². The Labute approximate surface area is 119 Å². The van der Waals surface area contributed by atoms with Crippen molar-refractivity contribution in [2.75, 3.05) is 25.0 Å². The molecular formula is C14H22N4O2. The molecule has 2 N–H and O–H groups in total. The van der Waals surface area contributed by atoms with Crippen LogP contribution in [0.2, 0.25) is 0 Å². The Kier molecular flexibility index (Phi) is 5.29. The molecule has 0 radical (unpaired) electrons. The Bertz CT molecular complexity index is 458. The number of anilines is 1. The zero-order chi connectivity index (χ0) is 14.4. The maximum absolute atomic E-state index is 11.6. The molecule has 1 saturated heterocycles. The van der Waals surface area contributed by atoms with Gasteiger partial charge in [-0.15, -0.1) is 0 Å². The molecule has 0 saturated carbocycles. The van der Waals surface area contributed by atoms with E-state index in [1.165, 1.54) is 25.5 Å². The zero-order valence-electron chi connectivity index (χ0n) is 12.1. The van der Waals surface area contributed by atoms with Gasteiger partial charge in [0.1, 0.15) is 0 Å². The monoisotopic (exact) mass is 278 g/mol. The lowest BCUT2D eigenvalue weighted by atomic mass is 10.1. The van der Waals surface area contributed by atoms with Gasteiger partial charge in [-0.2, -0.15) is 0 Å². The Morgan fingerprint density at radius 3 is 3.05 bits per heavy atom. The summed E-state index contributed by atoms with van der Waals surface area (Å²) in [7, 11) is 0. The number of aryl methyl sites for hydroxylation is 1. The number of ether oxygens (including phenoxy) is 1. The standard InChI is InChI=1S/C14H22N4O2/c1-3-20-13(19)12-9-17-14(18-10(12)2)16-8-11-6-4-5-7-15-11/h9,11,15H,3-8H2,1-2H3,(H,16,17,18). The summed E-state index contributed by atoms with van der Waals surface area (Å²) in [6.07, 6.45) is 5.21. The summed E-state index contributed by atoms with van der Waals surface area (Å²) in [5.41, 5.74) is 1.06. The van der Waals surface area contributed by atoms with Gasteiger partial charge in [0.25, 0.3) is 0 Å². The number of carbonyl (C=O) groups is 1. The van der Waals surface area contributed by atoms with Crippen molar-refractivity contribution in [2.24, 2.45) is 0 Å². The van der Waals surface area contributed by atoms with Crippen LogP contribution in [0.5, 0.6) is 0 Å². The second kappa shape index (κ2) is 7.19. The van der Waals surface area contributed by atoms with Crippen molar-refractivity contribution in [3.05, 3.63) is 17.5 Å². The Morgan fingerprint density at radius 2 is 2.40 bits per heavy atom. The number of aromatic nitrogens is 2. The summed E-state index contributed by atoms with van der Waals surface area (Å²) in [6.45, 7) is 5.80. The third-order valence-corrected chi connectivity index (χ3v) is 3.39. The number of hydrogen-bond acceptors (Lipinski definition) is 6. The third kappa shape index (κ3) is 3.90. The molecule has 110 valence electrons. The predicted molar refractivity (Wildman–Crippen MR) is 76.9 cm³/mol. The van der Waals surface area contributed by atoms with Crippen molar-refractivity contribution in [3.63, 3.8) is 0 Å². The molecule has 1 aromatic rings. The van der Waals surface area contributed by atoms with E-state index in [2.05, 4.69) is 20.6 Å². The average molecular weight is 278 g/mol. The molecule has 0 bridgehead atoms. The van der Waals surface area contributed by atoms with Crippen molar-refractivity contribution >= 4 is 11.9 Å². The molecule has 20 heavy (non-hydrogen) atoms. The first-order valence-corrected chi connectivity index (χ1v) is 7.18. The van der Waals surface area contributed by atoms with Gasteiger partial charge in [0.05, 0.1) is 17.9 Å². The van der Waals surface area contributed by atoms with E-state index in [4.69, 9.17) is 4.74 Å². The first-order valence-electron chi connectivity index (χ1n) is 7.18. The van der Waals surface area contributed by atoms with Crippen LogP contribution in [-0.4, -0.2) is 41.7 Å². The topological polar surface area (TPSA) is 76.1 Å². The van der Waals surface area contributed by atoms with Gasteiger partial charge in [-0.25, -0.2) is 14.8 Å². The van der Waals surface area contributed by atoms with Gasteiger partial charge < -0.3 is 15.4 Å². The summed E-state index contributed by atoms with van der Waals surface area (Å²) in [5, 5.41) is 6.67. The fraction of sp³-hybridized carbons (Fsp3) is 0.643. The molecule has 1 unspecified atom stereocenters. The maximum atomic E-state index is 11.6. The number of rotatable bonds is 5. The quantitative estimate of drug-likeness (QED) is 0.795. The average Bonchev–Trinajstić information content (AvgIpc) is 2.46. The molecule has 2 rings (SSSR count). The van der Waals surface area contributed by atoms with E-state index < -0.39 is 0 Å². The largest absolute Gasteiger partial charge is 0.462 e. The van der Waals surface area contributed by atoms with Gasteiger partial charge in [-0.3, -0.25) is 0 Å². The normalized spacial score (nSPS) is 18.6. The number of piperidine rings is 1. The Hall–Kier alpha value is -1.69. The molecule has 1 aliphatic heterocycles. The molecule has 0 aliphatic carbocycles. The van der Waals surface area contributed by atoms with Crippen molar-refractivity contribution < 1.29 is 9.53 Å². The second-order valence-corrected chi connectivity index (χ2v) is 4.94. The highest BCUT2D eigenvalue weighted by Crippen LogP contribution is 2.10. The molecule has 1 aromatic heterocycles. The van der Waals surface area contributed by atoms with Gasteiger partial charge in [0.15, 0.2) is 0 Å². The third-order valence-electron chi connectivity index (χ3n) is 3.39. The highest BCUT2D eigenvalue weighted by Gasteiger charge is 2.15. The lowest BCUT2D eigenvalue weighted by molar-refractivity contribution is 0.0524. The van der Waals surface area contributed by atoms with E-state index in [1.54, 1.807) is 13.8 Å². The van der Waals surface area contributed by atoms with E-state index in [0.717, 1.165) is 13.1 Å². The molecule has 0 aromatic carbocycles. The summed E-state index contributed by atoms with van der Waals surface area (Å²) in [5.74, 6) is 0.188. The van der Waals surface area contributed by atoms with Gasteiger partial charge in [-0.05, 0) is 33.2 Å². The minimum absolute atomic E-state index is 0.353. The van der Waals surface area contributed by atoms with E-state index in [0.29, 0.717) is 29.9 Å². The van der Waals surface area contributed by atoms with Crippen LogP contribution in [0.25, 0.3) is 0 Å². The number of esters is 1. The second-order valence-electron chi connectivity index (χ2n) is 4.94. The van der Waals surface area contributed by atoms with E-state index >= 15 is 0 Å². The number of nitrogens with zero attached hydrogens (tertiary/aromatic N) is 2. The molecule has 1 fully saturated rings. The molecule has 6 nitrogen and oxygen atoms in total. The molecule has 0 amide bonds. The first kappa shape index (κ1) is 14.7. The predicted octanol–water partition coefficient (Wildman–Crippen LogP) is 1.52. The molecule has 2 heterocycles. The number of nitrogens with one attached hydrogen (secondary N) is 2.